The van der Waals surface area contributed by atoms with Crippen LogP contribution in [0.5, 0.6) is 0 Å². The highest BCUT2D eigenvalue weighted by atomic mass is 79.9. The fourth-order valence-corrected chi connectivity index (χ4v) is 3.83. The summed E-state index contributed by atoms with van der Waals surface area (Å²) < 4.78 is 44.5. The van der Waals surface area contributed by atoms with Crippen LogP contribution in [0.15, 0.2) is 18.2 Å². The highest BCUT2D eigenvalue weighted by molar-refractivity contribution is 9.08. The molecule has 7 heteroatoms. The molecule has 0 saturated heterocycles. The van der Waals surface area contributed by atoms with E-state index < -0.39 is 17.7 Å². The highest BCUT2D eigenvalue weighted by Crippen LogP contribution is 2.41. The molecule has 0 aliphatic heterocycles. The van der Waals surface area contributed by atoms with Crippen molar-refractivity contribution in [3.63, 3.8) is 0 Å². The molecule has 1 aromatic carbocycles. The lowest BCUT2D eigenvalue weighted by atomic mass is 10.1. The second kappa shape index (κ2) is 5.73. The van der Waals surface area contributed by atoms with Gasteiger partial charge in [-0.3, -0.25) is 0 Å². The Labute approximate surface area is 125 Å². The van der Waals surface area contributed by atoms with E-state index in [0.717, 1.165) is 17.4 Å². The Morgan fingerprint density at radius 1 is 1.40 bits per heavy atom. The van der Waals surface area contributed by atoms with Gasteiger partial charge >= 0.3 is 12.1 Å². The first kappa shape index (κ1) is 15.3. The standard InChI is InChI=1S/C13H10BrF3O2S/c1-2-19-12(18)11-7(6-14)10-8(13(15,16)17)4-3-5-9(10)20-11/h3-5H,2,6H2,1H3. The quantitative estimate of drug-likeness (QED) is 0.564. The van der Waals surface area contributed by atoms with Crippen LogP contribution in [0.4, 0.5) is 13.2 Å². The van der Waals surface area contributed by atoms with Crippen LogP contribution >= 0.6 is 27.3 Å². The lowest BCUT2D eigenvalue weighted by molar-refractivity contribution is -0.136. The molecule has 2 nitrogen and oxygen atoms in total. The summed E-state index contributed by atoms with van der Waals surface area (Å²) in [6.07, 6.45) is -4.45. The average molecular weight is 367 g/mol. The van der Waals surface area contributed by atoms with Gasteiger partial charge in [-0.15, -0.1) is 11.3 Å². The Kier molecular flexibility index (Phi) is 4.39. The monoisotopic (exact) mass is 366 g/mol. The van der Waals surface area contributed by atoms with Gasteiger partial charge in [-0.1, -0.05) is 22.0 Å². The zero-order chi connectivity index (χ0) is 14.9. The first-order valence-electron chi connectivity index (χ1n) is 5.74. The minimum absolute atomic E-state index is 0.0740. The van der Waals surface area contributed by atoms with E-state index in [1.54, 1.807) is 13.0 Å². The second-order valence-electron chi connectivity index (χ2n) is 3.94. The van der Waals surface area contributed by atoms with E-state index in [0.29, 0.717) is 10.3 Å². The third kappa shape index (κ3) is 2.69. The van der Waals surface area contributed by atoms with Gasteiger partial charge in [0.2, 0.25) is 0 Å². The van der Waals surface area contributed by atoms with Crippen molar-refractivity contribution in [1.82, 2.24) is 0 Å². The molecule has 0 N–H and O–H groups in total. The summed E-state index contributed by atoms with van der Waals surface area (Å²) in [4.78, 5) is 12.1. The number of ether oxygens (including phenoxy) is 1. The molecule has 0 unspecified atom stereocenters. The summed E-state index contributed by atoms with van der Waals surface area (Å²) in [6.45, 7) is 1.83. The summed E-state index contributed by atoms with van der Waals surface area (Å²) in [6, 6.07) is 3.94. The van der Waals surface area contributed by atoms with E-state index in [1.807, 2.05) is 0 Å². The number of benzene rings is 1. The molecule has 0 atom stereocenters. The summed E-state index contributed by atoms with van der Waals surface area (Å²) in [5.41, 5.74) is -0.396. The van der Waals surface area contributed by atoms with E-state index in [2.05, 4.69) is 15.9 Å². The first-order valence-corrected chi connectivity index (χ1v) is 7.68. The fourth-order valence-electron chi connectivity index (χ4n) is 1.94. The Balaban J connectivity index is 2.73. The number of hydrogen-bond acceptors (Lipinski definition) is 3. The third-order valence-electron chi connectivity index (χ3n) is 2.71. The summed E-state index contributed by atoms with van der Waals surface area (Å²) >= 11 is 4.18. The number of rotatable bonds is 3. The van der Waals surface area contributed by atoms with Crippen molar-refractivity contribution < 1.29 is 22.7 Å². The van der Waals surface area contributed by atoms with Gasteiger partial charge in [-0.05, 0) is 24.6 Å². The van der Waals surface area contributed by atoms with Gasteiger partial charge < -0.3 is 4.74 Å². The lowest BCUT2D eigenvalue weighted by Crippen LogP contribution is -2.07. The van der Waals surface area contributed by atoms with Crippen molar-refractivity contribution in [3.05, 3.63) is 34.2 Å². The predicted molar refractivity (Wildman–Crippen MR) is 75.4 cm³/mol. The zero-order valence-corrected chi connectivity index (χ0v) is 12.8. The number of hydrogen-bond donors (Lipinski definition) is 0. The summed E-state index contributed by atoms with van der Waals surface area (Å²) in [7, 11) is 0. The van der Waals surface area contributed by atoms with E-state index in [1.165, 1.54) is 6.07 Å². The van der Waals surface area contributed by atoms with E-state index >= 15 is 0 Å². The van der Waals surface area contributed by atoms with Crippen LogP contribution in [-0.4, -0.2) is 12.6 Å². The summed E-state index contributed by atoms with van der Waals surface area (Å²) in [5, 5.41) is 0.235. The second-order valence-corrected chi connectivity index (χ2v) is 5.55. The summed E-state index contributed by atoms with van der Waals surface area (Å²) in [5.74, 6) is -0.587. The van der Waals surface area contributed by atoms with Gasteiger partial charge in [0.15, 0.2) is 0 Å². The molecule has 0 aliphatic rings. The lowest BCUT2D eigenvalue weighted by Gasteiger charge is -2.09. The molecule has 0 spiro atoms. The van der Waals surface area contributed by atoms with Gasteiger partial charge in [0.05, 0.1) is 12.2 Å². The third-order valence-corrected chi connectivity index (χ3v) is 4.45. The van der Waals surface area contributed by atoms with Crippen molar-refractivity contribution in [2.75, 3.05) is 6.61 Å². The number of fused-ring (bicyclic) bond motifs is 1. The molecule has 0 aliphatic carbocycles. The molecule has 108 valence electrons. The molecule has 0 saturated carbocycles. The van der Waals surface area contributed by atoms with E-state index in [-0.39, 0.29) is 22.2 Å². The Morgan fingerprint density at radius 2 is 2.10 bits per heavy atom. The number of halogens is 4. The van der Waals surface area contributed by atoms with Crippen molar-refractivity contribution in [2.24, 2.45) is 0 Å². The van der Waals surface area contributed by atoms with Crippen LogP contribution in [0.2, 0.25) is 0 Å². The van der Waals surface area contributed by atoms with Gasteiger partial charge in [0.1, 0.15) is 4.88 Å². The normalized spacial score (nSPS) is 11.8. The maximum Gasteiger partial charge on any atom is 0.417 e. The predicted octanol–water partition coefficient (Wildman–Crippen LogP) is 4.99. The molecule has 1 aromatic heterocycles. The minimum atomic E-state index is -4.45. The largest absolute Gasteiger partial charge is 0.462 e. The molecule has 2 rings (SSSR count). The Hall–Kier alpha value is -1.08. The maximum atomic E-state index is 13.1. The van der Waals surface area contributed by atoms with Crippen molar-refractivity contribution in [2.45, 2.75) is 18.4 Å². The topological polar surface area (TPSA) is 26.3 Å². The molecule has 0 radical (unpaired) electrons. The average Bonchev–Trinajstić information content (AvgIpc) is 2.76. The number of carbonyl (C=O) groups excluding carboxylic acids is 1. The molecule has 1 heterocycles. The van der Waals surface area contributed by atoms with Gasteiger partial charge in [0.25, 0.3) is 0 Å². The van der Waals surface area contributed by atoms with E-state index in [4.69, 9.17) is 4.74 Å². The molecule has 0 bridgehead atoms. The van der Waals surface area contributed by atoms with Crippen LogP contribution in [-0.2, 0) is 16.2 Å². The molecule has 2 aromatic rings. The SMILES string of the molecule is CCOC(=O)c1sc2cccc(C(F)(F)F)c2c1CBr. The van der Waals surface area contributed by atoms with Gasteiger partial charge in [0, 0.05) is 15.4 Å². The van der Waals surface area contributed by atoms with Crippen LogP contribution in [0.3, 0.4) is 0 Å². The number of alkyl halides is 4. The number of esters is 1. The molecule has 20 heavy (non-hydrogen) atoms. The highest BCUT2D eigenvalue weighted by Gasteiger charge is 2.35. The number of carbonyl (C=O) groups is 1. The minimum Gasteiger partial charge on any atom is -0.462 e. The first-order chi connectivity index (χ1) is 9.40. The van der Waals surface area contributed by atoms with Crippen LogP contribution in [0, 0.1) is 0 Å². The van der Waals surface area contributed by atoms with Gasteiger partial charge in [-0.25, -0.2) is 4.79 Å². The molecular weight excluding hydrogens is 357 g/mol. The number of thiophene rings is 1. The Bertz CT molecular complexity index is 649. The fraction of sp³-hybridized carbons (Fsp3) is 0.308. The van der Waals surface area contributed by atoms with E-state index in [9.17, 15) is 18.0 Å². The van der Waals surface area contributed by atoms with Crippen molar-refractivity contribution in [3.8, 4) is 0 Å². The smallest absolute Gasteiger partial charge is 0.417 e. The molecular formula is C13H10BrF3O2S. The van der Waals surface area contributed by atoms with Crippen LogP contribution in [0.25, 0.3) is 10.1 Å². The Morgan fingerprint density at radius 3 is 2.65 bits per heavy atom. The zero-order valence-electron chi connectivity index (χ0n) is 10.4. The van der Waals surface area contributed by atoms with Crippen molar-refractivity contribution >= 4 is 43.3 Å². The van der Waals surface area contributed by atoms with Gasteiger partial charge in [-0.2, -0.15) is 13.2 Å². The molecule has 0 fully saturated rings. The maximum absolute atomic E-state index is 13.1. The molecule has 0 amide bonds. The van der Waals surface area contributed by atoms with Crippen LogP contribution in [0.1, 0.15) is 27.7 Å². The van der Waals surface area contributed by atoms with Crippen LogP contribution < -0.4 is 0 Å². The van der Waals surface area contributed by atoms with Crippen molar-refractivity contribution in [1.29, 1.82) is 0 Å².